The van der Waals surface area contributed by atoms with Crippen molar-refractivity contribution >= 4 is 35.1 Å². The van der Waals surface area contributed by atoms with Crippen LogP contribution in [0, 0.1) is 0 Å². The average Bonchev–Trinajstić information content (AvgIpc) is 2.70. The van der Waals surface area contributed by atoms with Gasteiger partial charge in [-0.1, -0.05) is 41.4 Å². The Morgan fingerprint density at radius 2 is 1.69 bits per heavy atom. The molecule has 0 saturated carbocycles. The van der Waals surface area contributed by atoms with Gasteiger partial charge in [0.1, 0.15) is 5.75 Å². The highest BCUT2D eigenvalue weighted by atomic mass is 35.5. The third-order valence-corrected chi connectivity index (χ3v) is 5.41. The van der Waals surface area contributed by atoms with E-state index in [1.165, 1.54) is 0 Å². The highest BCUT2D eigenvalue weighted by molar-refractivity contribution is 6.31. The molecule has 2 aromatic rings. The minimum atomic E-state index is -1.04. The van der Waals surface area contributed by atoms with Crippen molar-refractivity contribution in [2.24, 2.45) is 0 Å². The molecule has 154 valence electrons. The van der Waals surface area contributed by atoms with Gasteiger partial charge in [-0.25, -0.2) is 4.79 Å². The summed E-state index contributed by atoms with van der Waals surface area (Å²) in [5.41, 5.74) is 1.70. The summed E-state index contributed by atoms with van der Waals surface area (Å²) in [5.74, 6) is -0.472. The Morgan fingerprint density at radius 1 is 1.00 bits per heavy atom. The minimum Gasteiger partial charge on any atom is -0.482 e. The first-order chi connectivity index (χ1) is 13.9. The minimum absolute atomic E-state index is 0.0928. The third-order valence-electron chi connectivity index (χ3n) is 4.80. The van der Waals surface area contributed by atoms with Crippen molar-refractivity contribution in [2.45, 2.75) is 13.0 Å². The number of rotatable bonds is 7. The third kappa shape index (κ3) is 6.10. The number of piperazine rings is 1. The summed E-state index contributed by atoms with van der Waals surface area (Å²) < 4.78 is 5.37. The Hall–Kier alpha value is -2.28. The molecule has 1 aliphatic rings. The molecule has 1 N–H and O–H groups in total. The zero-order valence-corrected chi connectivity index (χ0v) is 17.3. The fourth-order valence-electron chi connectivity index (χ4n) is 3.23. The molecule has 1 heterocycles. The number of halogens is 2. The molecule has 0 bridgehead atoms. The maximum atomic E-state index is 12.6. The van der Waals surface area contributed by atoms with Gasteiger partial charge in [-0.2, -0.15) is 0 Å². The van der Waals surface area contributed by atoms with Gasteiger partial charge in [-0.3, -0.25) is 9.69 Å². The lowest BCUT2D eigenvalue weighted by atomic mass is 10.1. The van der Waals surface area contributed by atoms with Crippen LogP contribution in [-0.4, -0.2) is 59.6 Å². The maximum Gasteiger partial charge on any atom is 0.341 e. The molecule has 29 heavy (non-hydrogen) atoms. The van der Waals surface area contributed by atoms with Gasteiger partial charge in [0.25, 0.3) is 0 Å². The summed E-state index contributed by atoms with van der Waals surface area (Å²) in [5, 5.41) is 10.0. The van der Waals surface area contributed by atoms with Gasteiger partial charge >= 0.3 is 5.97 Å². The first-order valence-electron chi connectivity index (χ1n) is 9.29. The number of carbonyl (C=O) groups excluding carboxylic acids is 1. The molecule has 1 saturated heterocycles. The van der Waals surface area contributed by atoms with Crippen LogP contribution in [0.4, 0.5) is 0 Å². The van der Waals surface area contributed by atoms with Gasteiger partial charge in [0.15, 0.2) is 6.61 Å². The zero-order chi connectivity index (χ0) is 20.8. The molecular formula is C21H22Cl2N2O4. The standard InChI is InChI=1S/C21H22Cl2N2O4/c22-16-6-4-15(5-7-16)12-20(26)25-10-8-24(9-11-25)13-17-18(23)2-1-3-19(17)29-14-21(27)28/h1-7H,8-14H2,(H,27,28). The topological polar surface area (TPSA) is 70.1 Å². The Kier molecular flexibility index (Phi) is 7.36. The number of carbonyl (C=O) groups is 2. The summed E-state index contributed by atoms with van der Waals surface area (Å²) in [6, 6.07) is 12.5. The van der Waals surface area contributed by atoms with Gasteiger partial charge < -0.3 is 14.7 Å². The number of carboxylic acids is 1. The number of benzene rings is 2. The van der Waals surface area contributed by atoms with Crippen LogP contribution in [0.15, 0.2) is 42.5 Å². The number of hydrogen-bond donors (Lipinski definition) is 1. The van der Waals surface area contributed by atoms with Gasteiger partial charge in [-0.15, -0.1) is 0 Å². The van der Waals surface area contributed by atoms with E-state index in [1.807, 2.05) is 17.0 Å². The van der Waals surface area contributed by atoms with E-state index in [0.29, 0.717) is 54.9 Å². The van der Waals surface area contributed by atoms with Crippen molar-refractivity contribution in [1.29, 1.82) is 0 Å². The number of ether oxygens (including phenoxy) is 1. The zero-order valence-electron chi connectivity index (χ0n) is 15.8. The fraction of sp³-hybridized carbons (Fsp3) is 0.333. The van der Waals surface area contributed by atoms with Crippen molar-refractivity contribution in [3.8, 4) is 5.75 Å². The Morgan fingerprint density at radius 3 is 2.34 bits per heavy atom. The van der Waals surface area contributed by atoms with Crippen LogP contribution in [0.25, 0.3) is 0 Å². The van der Waals surface area contributed by atoms with Crippen LogP contribution < -0.4 is 4.74 Å². The number of amides is 1. The average molecular weight is 437 g/mol. The van der Waals surface area contributed by atoms with Crippen LogP contribution in [0.5, 0.6) is 5.75 Å². The smallest absolute Gasteiger partial charge is 0.341 e. The van der Waals surface area contributed by atoms with Crippen LogP contribution in [0.1, 0.15) is 11.1 Å². The monoisotopic (exact) mass is 436 g/mol. The molecule has 1 aliphatic heterocycles. The van der Waals surface area contributed by atoms with Gasteiger partial charge in [0.05, 0.1) is 6.42 Å². The lowest BCUT2D eigenvalue weighted by molar-refractivity contribution is -0.139. The maximum absolute atomic E-state index is 12.6. The molecule has 0 aromatic heterocycles. The molecule has 0 unspecified atom stereocenters. The van der Waals surface area contributed by atoms with Gasteiger partial charge in [0.2, 0.25) is 5.91 Å². The second-order valence-electron chi connectivity index (χ2n) is 6.86. The number of carboxylic acid groups (broad SMARTS) is 1. The highest BCUT2D eigenvalue weighted by Gasteiger charge is 2.23. The number of aliphatic carboxylic acids is 1. The summed E-state index contributed by atoms with van der Waals surface area (Å²) in [4.78, 5) is 27.4. The van der Waals surface area contributed by atoms with Gasteiger partial charge in [-0.05, 0) is 29.8 Å². The Balaban J connectivity index is 1.55. The summed E-state index contributed by atoms with van der Waals surface area (Å²) >= 11 is 12.2. The predicted molar refractivity (Wildman–Crippen MR) is 112 cm³/mol. The van der Waals surface area contributed by atoms with E-state index in [1.54, 1.807) is 30.3 Å². The van der Waals surface area contributed by atoms with Gasteiger partial charge in [0, 0.05) is 48.3 Å². The fourth-order valence-corrected chi connectivity index (χ4v) is 3.59. The number of hydrogen-bond acceptors (Lipinski definition) is 4. The van der Waals surface area contributed by atoms with Crippen LogP contribution >= 0.6 is 23.2 Å². The SMILES string of the molecule is O=C(O)COc1cccc(Cl)c1CN1CCN(C(=O)Cc2ccc(Cl)cc2)CC1. The van der Waals surface area contributed by atoms with Crippen LogP contribution in [0.2, 0.25) is 10.0 Å². The molecular weight excluding hydrogens is 415 g/mol. The highest BCUT2D eigenvalue weighted by Crippen LogP contribution is 2.28. The van der Waals surface area contributed by atoms with E-state index >= 15 is 0 Å². The lowest BCUT2D eigenvalue weighted by Crippen LogP contribution is -2.48. The molecule has 0 radical (unpaired) electrons. The molecule has 0 aliphatic carbocycles. The van der Waals surface area contributed by atoms with E-state index in [0.717, 1.165) is 11.1 Å². The lowest BCUT2D eigenvalue weighted by Gasteiger charge is -2.35. The van der Waals surface area contributed by atoms with Crippen LogP contribution in [-0.2, 0) is 22.6 Å². The van der Waals surface area contributed by atoms with Crippen molar-refractivity contribution in [3.63, 3.8) is 0 Å². The molecule has 3 rings (SSSR count). The molecule has 8 heteroatoms. The van der Waals surface area contributed by atoms with E-state index in [4.69, 9.17) is 33.0 Å². The summed E-state index contributed by atoms with van der Waals surface area (Å²) in [7, 11) is 0. The van der Waals surface area contributed by atoms with Crippen molar-refractivity contribution < 1.29 is 19.4 Å². The second-order valence-corrected chi connectivity index (χ2v) is 7.70. The normalized spacial score (nSPS) is 14.6. The Bertz CT molecular complexity index is 865. The summed E-state index contributed by atoms with van der Waals surface area (Å²) in [6.45, 7) is 2.78. The Labute approximate surface area is 179 Å². The molecule has 6 nitrogen and oxygen atoms in total. The first kappa shape index (κ1) is 21.4. The van der Waals surface area contributed by atoms with Crippen molar-refractivity contribution in [2.75, 3.05) is 32.8 Å². The molecule has 1 amide bonds. The van der Waals surface area contributed by atoms with Crippen LogP contribution in [0.3, 0.4) is 0 Å². The molecule has 1 fully saturated rings. The summed E-state index contributed by atoms with van der Waals surface area (Å²) in [6.07, 6.45) is 0.356. The van der Waals surface area contributed by atoms with Crippen molar-refractivity contribution in [1.82, 2.24) is 9.80 Å². The van der Waals surface area contributed by atoms with Crippen molar-refractivity contribution in [3.05, 3.63) is 63.6 Å². The van der Waals surface area contributed by atoms with E-state index in [-0.39, 0.29) is 5.91 Å². The predicted octanol–water partition coefficient (Wildman–Crippen LogP) is 3.34. The first-order valence-corrected chi connectivity index (χ1v) is 10.0. The number of nitrogens with zero attached hydrogens (tertiary/aromatic N) is 2. The van der Waals surface area contributed by atoms with E-state index in [2.05, 4.69) is 4.90 Å². The quantitative estimate of drug-likeness (QED) is 0.720. The molecule has 2 aromatic carbocycles. The molecule has 0 atom stereocenters. The molecule has 0 spiro atoms. The second kappa shape index (κ2) is 9.96. The largest absolute Gasteiger partial charge is 0.482 e. The van der Waals surface area contributed by atoms with E-state index < -0.39 is 12.6 Å². The van der Waals surface area contributed by atoms with E-state index in [9.17, 15) is 9.59 Å².